The van der Waals surface area contributed by atoms with Crippen LogP contribution in [-0.2, 0) is 16.1 Å². The molecule has 1 fully saturated rings. The van der Waals surface area contributed by atoms with E-state index >= 15 is 0 Å². The first-order chi connectivity index (χ1) is 14.2. The van der Waals surface area contributed by atoms with Crippen LogP contribution >= 0.6 is 0 Å². The number of hydrogen-bond acceptors (Lipinski definition) is 2. The fraction of sp³-hybridized carbons (Fsp3) is 0.200. The summed E-state index contributed by atoms with van der Waals surface area (Å²) in [6.45, 7) is 1.00. The lowest BCUT2D eigenvalue weighted by molar-refractivity contribution is -0.129. The van der Waals surface area contributed by atoms with Gasteiger partial charge in [0.1, 0.15) is 0 Å². The molecule has 4 heteroatoms. The lowest BCUT2D eigenvalue weighted by Gasteiger charge is -2.22. The van der Waals surface area contributed by atoms with Crippen molar-refractivity contribution in [2.24, 2.45) is 5.92 Å². The number of carbonyl (C=O) groups excluding carboxylic acids is 2. The molecule has 0 bridgehead atoms. The van der Waals surface area contributed by atoms with E-state index in [4.69, 9.17) is 0 Å². The summed E-state index contributed by atoms with van der Waals surface area (Å²) < 4.78 is 0. The van der Waals surface area contributed by atoms with Crippen LogP contribution in [-0.4, -0.2) is 23.3 Å². The standard InChI is InChI=1S/C25H24N2O2/c28-23-16-22(18-27(23)17-19-10-4-1-5-11-19)25(29)26-24(20-12-6-2-7-13-20)21-14-8-3-9-15-21/h1-15,22,24H,16-18H2,(H,26,29). The number of rotatable bonds is 6. The molecule has 1 heterocycles. The molecule has 4 nitrogen and oxygen atoms in total. The number of nitrogens with zero attached hydrogens (tertiary/aromatic N) is 1. The van der Waals surface area contributed by atoms with Crippen molar-refractivity contribution in [1.82, 2.24) is 10.2 Å². The Hall–Kier alpha value is -3.40. The second-order valence-electron chi connectivity index (χ2n) is 7.42. The van der Waals surface area contributed by atoms with Gasteiger partial charge in [0, 0.05) is 19.5 Å². The van der Waals surface area contributed by atoms with Crippen LogP contribution in [0.2, 0.25) is 0 Å². The minimum absolute atomic E-state index is 0.0324. The van der Waals surface area contributed by atoms with E-state index in [2.05, 4.69) is 5.32 Å². The van der Waals surface area contributed by atoms with Gasteiger partial charge in [0.2, 0.25) is 11.8 Å². The molecule has 146 valence electrons. The predicted molar refractivity (Wildman–Crippen MR) is 113 cm³/mol. The first-order valence-electron chi connectivity index (χ1n) is 9.92. The highest BCUT2D eigenvalue weighted by Crippen LogP contribution is 2.25. The highest BCUT2D eigenvalue weighted by Gasteiger charge is 2.35. The van der Waals surface area contributed by atoms with Gasteiger partial charge < -0.3 is 10.2 Å². The van der Waals surface area contributed by atoms with Crippen LogP contribution in [0.25, 0.3) is 0 Å². The number of hydrogen-bond donors (Lipinski definition) is 1. The van der Waals surface area contributed by atoms with Crippen LogP contribution in [0.3, 0.4) is 0 Å². The second-order valence-corrected chi connectivity index (χ2v) is 7.42. The van der Waals surface area contributed by atoms with E-state index in [0.717, 1.165) is 16.7 Å². The van der Waals surface area contributed by atoms with E-state index in [1.165, 1.54) is 0 Å². The molecule has 3 aromatic carbocycles. The van der Waals surface area contributed by atoms with E-state index in [-0.39, 0.29) is 30.2 Å². The smallest absolute Gasteiger partial charge is 0.226 e. The molecule has 0 aliphatic carbocycles. The first kappa shape index (κ1) is 18.9. The maximum absolute atomic E-state index is 13.1. The molecule has 0 aromatic heterocycles. The summed E-state index contributed by atoms with van der Waals surface area (Å²) in [7, 11) is 0. The monoisotopic (exact) mass is 384 g/mol. The third-order valence-corrected chi connectivity index (χ3v) is 5.35. The van der Waals surface area contributed by atoms with Crippen LogP contribution in [0.5, 0.6) is 0 Å². The predicted octanol–water partition coefficient (Wildman–Crippen LogP) is 3.94. The van der Waals surface area contributed by atoms with Gasteiger partial charge in [-0.1, -0.05) is 91.0 Å². The number of amides is 2. The van der Waals surface area contributed by atoms with Crippen LogP contribution in [0, 0.1) is 5.92 Å². The van der Waals surface area contributed by atoms with Gasteiger partial charge in [-0.05, 0) is 16.7 Å². The molecule has 1 unspecified atom stereocenters. The highest BCUT2D eigenvalue weighted by molar-refractivity contribution is 5.89. The minimum atomic E-state index is -0.332. The number of benzene rings is 3. The SMILES string of the molecule is O=C(NC(c1ccccc1)c1ccccc1)C1CC(=O)N(Cc2ccccc2)C1. The zero-order valence-corrected chi connectivity index (χ0v) is 16.2. The van der Waals surface area contributed by atoms with E-state index in [9.17, 15) is 9.59 Å². The molecule has 4 rings (SSSR count). The third-order valence-electron chi connectivity index (χ3n) is 5.35. The Balaban J connectivity index is 1.47. The first-order valence-corrected chi connectivity index (χ1v) is 9.92. The fourth-order valence-corrected chi connectivity index (χ4v) is 3.81. The Morgan fingerprint density at radius 1 is 0.862 bits per heavy atom. The van der Waals surface area contributed by atoms with Gasteiger partial charge in [-0.15, -0.1) is 0 Å². The Bertz CT molecular complexity index is 918. The summed E-state index contributed by atoms with van der Waals surface area (Å²) in [4.78, 5) is 27.3. The largest absolute Gasteiger partial charge is 0.345 e. The molecular weight excluding hydrogens is 360 g/mol. The molecule has 1 saturated heterocycles. The molecule has 1 aliphatic heterocycles. The van der Waals surface area contributed by atoms with Gasteiger partial charge in [-0.3, -0.25) is 9.59 Å². The third kappa shape index (κ3) is 4.54. The van der Waals surface area contributed by atoms with Crippen molar-refractivity contribution in [3.63, 3.8) is 0 Å². The van der Waals surface area contributed by atoms with Crippen LogP contribution in [0.1, 0.15) is 29.2 Å². The molecule has 0 spiro atoms. The van der Waals surface area contributed by atoms with Gasteiger partial charge >= 0.3 is 0 Å². The lowest BCUT2D eigenvalue weighted by Crippen LogP contribution is -2.36. The van der Waals surface area contributed by atoms with Crippen molar-refractivity contribution < 1.29 is 9.59 Å². The normalized spacial score (nSPS) is 16.2. The van der Waals surface area contributed by atoms with Crippen molar-refractivity contribution in [3.05, 3.63) is 108 Å². The van der Waals surface area contributed by atoms with Crippen molar-refractivity contribution in [2.45, 2.75) is 19.0 Å². The fourth-order valence-electron chi connectivity index (χ4n) is 3.81. The number of nitrogens with one attached hydrogen (secondary N) is 1. The minimum Gasteiger partial charge on any atom is -0.345 e. The van der Waals surface area contributed by atoms with Gasteiger partial charge in [0.25, 0.3) is 0 Å². The molecule has 29 heavy (non-hydrogen) atoms. The molecule has 1 N–H and O–H groups in total. The Labute approximate surface area is 171 Å². The summed E-state index contributed by atoms with van der Waals surface area (Å²) in [5.41, 5.74) is 3.13. The summed E-state index contributed by atoms with van der Waals surface area (Å²) in [6, 6.07) is 29.5. The second kappa shape index (κ2) is 8.74. The molecule has 2 amide bonds. The summed E-state index contributed by atoms with van der Waals surface area (Å²) in [6.07, 6.45) is 0.259. The van der Waals surface area contributed by atoms with Crippen molar-refractivity contribution in [2.75, 3.05) is 6.54 Å². The van der Waals surface area contributed by atoms with Gasteiger partial charge in [-0.2, -0.15) is 0 Å². The van der Waals surface area contributed by atoms with Crippen LogP contribution in [0.4, 0.5) is 0 Å². The number of carbonyl (C=O) groups is 2. The maximum atomic E-state index is 13.1. The molecular formula is C25H24N2O2. The van der Waals surface area contributed by atoms with Gasteiger partial charge in [0.05, 0.1) is 12.0 Å². The van der Waals surface area contributed by atoms with Gasteiger partial charge in [-0.25, -0.2) is 0 Å². The van der Waals surface area contributed by atoms with Crippen molar-refractivity contribution >= 4 is 11.8 Å². The van der Waals surface area contributed by atoms with E-state index in [0.29, 0.717) is 13.1 Å². The molecule has 0 saturated carbocycles. The molecule has 1 aliphatic rings. The Morgan fingerprint density at radius 2 is 1.38 bits per heavy atom. The van der Waals surface area contributed by atoms with Crippen molar-refractivity contribution in [3.8, 4) is 0 Å². The Morgan fingerprint density at radius 3 is 1.93 bits per heavy atom. The van der Waals surface area contributed by atoms with E-state index in [1.807, 2.05) is 91.0 Å². The highest BCUT2D eigenvalue weighted by atomic mass is 16.2. The summed E-state index contributed by atoms with van der Waals surface area (Å²) >= 11 is 0. The zero-order chi connectivity index (χ0) is 20.1. The maximum Gasteiger partial charge on any atom is 0.226 e. The summed E-state index contributed by atoms with van der Waals surface area (Å²) in [5, 5.41) is 3.18. The molecule has 3 aromatic rings. The summed E-state index contributed by atoms with van der Waals surface area (Å²) in [5.74, 6) is -0.377. The van der Waals surface area contributed by atoms with Crippen molar-refractivity contribution in [1.29, 1.82) is 0 Å². The molecule has 0 radical (unpaired) electrons. The average molecular weight is 384 g/mol. The van der Waals surface area contributed by atoms with E-state index < -0.39 is 0 Å². The van der Waals surface area contributed by atoms with E-state index in [1.54, 1.807) is 4.90 Å². The van der Waals surface area contributed by atoms with Gasteiger partial charge in [0.15, 0.2) is 0 Å². The topological polar surface area (TPSA) is 49.4 Å². The average Bonchev–Trinajstić information content (AvgIpc) is 3.14. The zero-order valence-electron chi connectivity index (χ0n) is 16.2. The number of likely N-dealkylation sites (tertiary alicyclic amines) is 1. The van der Waals surface area contributed by atoms with Crippen LogP contribution < -0.4 is 5.32 Å². The Kier molecular flexibility index (Phi) is 5.71. The van der Waals surface area contributed by atoms with Crippen LogP contribution in [0.15, 0.2) is 91.0 Å². The quantitative estimate of drug-likeness (QED) is 0.700. The lowest BCUT2D eigenvalue weighted by atomic mass is 9.97. The molecule has 1 atom stereocenters.